The molecule has 4 nitrogen and oxygen atoms in total. The topological polar surface area (TPSA) is 49.4 Å². The average Bonchev–Trinajstić information content (AvgIpc) is 2.11. The lowest BCUT2D eigenvalue weighted by molar-refractivity contribution is 0.247. The molecule has 0 aliphatic heterocycles. The molecule has 0 saturated heterocycles. The summed E-state index contributed by atoms with van der Waals surface area (Å²) in [6.07, 6.45) is 3.19. The summed E-state index contributed by atoms with van der Waals surface area (Å²) in [5, 5.41) is 2.75. The lowest BCUT2D eigenvalue weighted by Crippen LogP contribution is -2.47. The molecule has 0 aromatic heterocycles. The molecule has 5 heteroatoms. The third-order valence-corrected chi connectivity index (χ3v) is 5.47. The summed E-state index contributed by atoms with van der Waals surface area (Å²) in [4.78, 5) is 0. The van der Waals surface area contributed by atoms with E-state index < -0.39 is 10.0 Å². The highest BCUT2D eigenvalue weighted by Gasteiger charge is 2.33. The molecule has 1 N–H and O–H groups in total. The van der Waals surface area contributed by atoms with Crippen molar-refractivity contribution in [2.45, 2.75) is 44.4 Å². The van der Waals surface area contributed by atoms with Crippen molar-refractivity contribution >= 4 is 10.0 Å². The van der Waals surface area contributed by atoms with Gasteiger partial charge in [0.1, 0.15) is 0 Å². The van der Waals surface area contributed by atoms with E-state index in [1.807, 2.05) is 6.92 Å². The number of nitrogens with zero attached hydrogens (tertiary/aromatic N) is 1. The lowest BCUT2D eigenvalue weighted by atomic mass is 9.94. The number of hydrogen-bond acceptors (Lipinski definition) is 3. The van der Waals surface area contributed by atoms with Crippen LogP contribution >= 0.6 is 0 Å². The first kappa shape index (κ1) is 12.9. The van der Waals surface area contributed by atoms with Crippen molar-refractivity contribution in [3.05, 3.63) is 0 Å². The van der Waals surface area contributed by atoms with Gasteiger partial charge in [0.2, 0.25) is 10.0 Å². The highest BCUT2D eigenvalue weighted by Crippen LogP contribution is 2.26. The maximum atomic E-state index is 12.1. The summed E-state index contributed by atoms with van der Waals surface area (Å²) >= 11 is 0. The van der Waals surface area contributed by atoms with Gasteiger partial charge in [0.25, 0.3) is 0 Å². The van der Waals surface area contributed by atoms with Crippen LogP contribution in [0, 0.1) is 0 Å². The van der Waals surface area contributed by atoms with Crippen molar-refractivity contribution in [2.75, 3.05) is 20.1 Å². The molecule has 0 aromatic rings. The van der Waals surface area contributed by atoms with Crippen LogP contribution in [0.1, 0.15) is 33.1 Å². The first-order valence-electron chi connectivity index (χ1n) is 5.67. The molecule has 1 saturated carbocycles. The van der Waals surface area contributed by atoms with E-state index in [0.717, 1.165) is 25.8 Å². The van der Waals surface area contributed by atoms with Crippen molar-refractivity contribution < 1.29 is 8.42 Å². The Kier molecular flexibility index (Phi) is 4.55. The van der Waals surface area contributed by atoms with Gasteiger partial charge in [-0.05, 0) is 26.3 Å². The number of rotatable bonds is 6. The summed E-state index contributed by atoms with van der Waals surface area (Å²) in [5.74, 6) is 0. The van der Waals surface area contributed by atoms with E-state index in [2.05, 4.69) is 5.32 Å². The highest BCUT2D eigenvalue weighted by atomic mass is 32.2. The van der Waals surface area contributed by atoms with Gasteiger partial charge in [0, 0.05) is 19.6 Å². The predicted molar refractivity (Wildman–Crippen MR) is 62.3 cm³/mol. The third-order valence-electron chi connectivity index (χ3n) is 3.18. The summed E-state index contributed by atoms with van der Waals surface area (Å²) < 4.78 is 25.7. The quantitative estimate of drug-likeness (QED) is 0.739. The normalized spacial score (nSPS) is 20.3. The number of nitrogens with one attached hydrogen (secondary N) is 1. The van der Waals surface area contributed by atoms with Crippen molar-refractivity contribution in [3.8, 4) is 0 Å². The number of hydrogen-bond donors (Lipinski definition) is 1. The van der Waals surface area contributed by atoms with Crippen LogP contribution < -0.4 is 5.32 Å². The molecule has 1 aliphatic rings. The molecule has 0 radical (unpaired) electrons. The average molecular weight is 234 g/mol. The zero-order valence-electron chi connectivity index (χ0n) is 9.86. The van der Waals surface area contributed by atoms with Gasteiger partial charge in [-0.15, -0.1) is 0 Å². The van der Waals surface area contributed by atoms with E-state index in [4.69, 9.17) is 0 Å². The van der Waals surface area contributed by atoms with E-state index in [1.54, 1.807) is 18.3 Å². The fourth-order valence-corrected chi connectivity index (χ4v) is 3.22. The molecule has 1 unspecified atom stereocenters. The Morgan fingerprint density at radius 1 is 1.47 bits per heavy atom. The Balaban J connectivity index is 2.55. The lowest BCUT2D eigenvalue weighted by Gasteiger charge is -2.35. The van der Waals surface area contributed by atoms with Gasteiger partial charge in [-0.2, -0.15) is 0 Å². The molecule has 90 valence electrons. The minimum atomic E-state index is -3.10. The van der Waals surface area contributed by atoms with Crippen LogP contribution in [-0.4, -0.2) is 44.2 Å². The van der Waals surface area contributed by atoms with Crippen LogP contribution in [0.5, 0.6) is 0 Å². The molecule has 1 rings (SSSR count). The second kappa shape index (κ2) is 5.27. The summed E-state index contributed by atoms with van der Waals surface area (Å²) in [5.41, 5.74) is 0. The second-order valence-corrected chi connectivity index (χ2v) is 6.67. The zero-order chi connectivity index (χ0) is 11.5. The molecule has 0 aromatic carbocycles. The van der Waals surface area contributed by atoms with E-state index in [9.17, 15) is 8.42 Å². The Hall–Kier alpha value is -0.130. The van der Waals surface area contributed by atoms with E-state index in [1.165, 1.54) is 0 Å². The van der Waals surface area contributed by atoms with Crippen LogP contribution in [0.4, 0.5) is 0 Å². The minimum Gasteiger partial charge on any atom is -0.316 e. The Morgan fingerprint density at radius 3 is 2.47 bits per heavy atom. The Bertz CT molecular complexity index is 286. The molecule has 1 atom stereocenters. The van der Waals surface area contributed by atoms with E-state index in [-0.39, 0.29) is 11.3 Å². The van der Waals surface area contributed by atoms with Crippen molar-refractivity contribution in [1.29, 1.82) is 0 Å². The van der Waals surface area contributed by atoms with Crippen LogP contribution in [0.15, 0.2) is 0 Å². The molecule has 1 aliphatic carbocycles. The van der Waals surface area contributed by atoms with Gasteiger partial charge >= 0.3 is 0 Å². The zero-order valence-corrected chi connectivity index (χ0v) is 10.7. The van der Waals surface area contributed by atoms with Crippen LogP contribution in [0.25, 0.3) is 0 Å². The molecule has 0 amide bonds. The van der Waals surface area contributed by atoms with Gasteiger partial charge in [0.05, 0.1) is 5.25 Å². The van der Waals surface area contributed by atoms with Gasteiger partial charge in [-0.3, -0.25) is 0 Å². The Labute approximate surface area is 93.1 Å². The molecule has 0 heterocycles. The molecular weight excluding hydrogens is 212 g/mol. The number of sulfonamides is 1. The molecule has 0 spiro atoms. The fourth-order valence-electron chi connectivity index (χ4n) is 1.69. The highest BCUT2D eigenvalue weighted by molar-refractivity contribution is 7.89. The van der Waals surface area contributed by atoms with Crippen molar-refractivity contribution in [2.24, 2.45) is 0 Å². The Morgan fingerprint density at radius 2 is 2.07 bits per heavy atom. The van der Waals surface area contributed by atoms with Crippen LogP contribution in [0.2, 0.25) is 0 Å². The smallest absolute Gasteiger partial charge is 0.217 e. The maximum absolute atomic E-state index is 12.1. The molecule has 15 heavy (non-hydrogen) atoms. The molecule has 1 fully saturated rings. The second-order valence-electron chi connectivity index (χ2n) is 4.26. The third kappa shape index (κ3) is 2.92. The fraction of sp³-hybridized carbons (Fsp3) is 1.00. The minimum absolute atomic E-state index is 0.249. The largest absolute Gasteiger partial charge is 0.316 e. The molecule has 0 bridgehead atoms. The van der Waals surface area contributed by atoms with E-state index >= 15 is 0 Å². The van der Waals surface area contributed by atoms with Gasteiger partial charge in [-0.1, -0.05) is 13.3 Å². The summed E-state index contributed by atoms with van der Waals surface area (Å²) in [6, 6.07) is 0.249. The SMILES string of the molecule is CCNCC(C)S(=O)(=O)N(C)C1CCC1. The van der Waals surface area contributed by atoms with Gasteiger partial charge < -0.3 is 5.32 Å². The van der Waals surface area contributed by atoms with Crippen LogP contribution in [-0.2, 0) is 10.0 Å². The van der Waals surface area contributed by atoms with E-state index in [0.29, 0.717) is 6.54 Å². The first-order chi connectivity index (χ1) is 7.00. The monoisotopic (exact) mass is 234 g/mol. The van der Waals surface area contributed by atoms with Gasteiger partial charge in [-0.25, -0.2) is 12.7 Å². The maximum Gasteiger partial charge on any atom is 0.217 e. The van der Waals surface area contributed by atoms with Crippen molar-refractivity contribution in [1.82, 2.24) is 9.62 Å². The standard InChI is InChI=1S/C10H22N2O2S/c1-4-11-8-9(2)15(13,14)12(3)10-6-5-7-10/h9-11H,4-8H2,1-3H3. The van der Waals surface area contributed by atoms with Crippen LogP contribution in [0.3, 0.4) is 0 Å². The molecular formula is C10H22N2O2S. The van der Waals surface area contributed by atoms with Crippen molar-refractivity contribution in [3.63, 3.8) is 0 Å². The first-order valence-corrected chi connectivity index (χ1v) is 7.18. The summed E-state index contributed by atoms with van der Waals surface area (Å²) in [7, 11) is -1.39. The summed E-state index contributed by atoms with van der Waals surface area (Å²) in [6.45, 7) is 5.10. The predicted octanol–water partition coefficient (Wildman–Crippen LogP) is 0.798. The van der Waals surface area contributed by atoms with Gasteiger partial charge in [0.15, 0.2) is 0 Å².